The SMILES string of the molecule is Cn1nc(C(=O)O)c2c1CCCC2CC(=O)O. The second kappa shape index (κ2) is 4.20. The van der Waals surface area contributed by atoms with Crippen LogP contribution in [-0.4, -0.2) is 31.9 Å². The van der Waals surface area contributed by atoms with Gasteiger partial charge in [-0.15, -0.1) is 0 Å². The predicted octanol–water partition coefficient (Wildman–Crippen LogP) is 1.01. The largest absolute Gasteiger partial charge is 0.481 e. The Hall–Kier alpha value is -1.85. The van der Waals surface area contributed by atoms with Gasteiger partial charge >= 0.3 is 11.9 Å². The Morgan fingerprint density at radius 2 is 2.18 bits per heavy atom. The van der Waals surface area contributed by atoms with E-state index < -0.39 is 11.9 Å². The topological polar surface area (TPSA) is 92.4 Å². The zero-order chi connectivity index (χ0) is 12.6. The molecule has 1 unspecified atom stereocenters. The van der Waals surface area contributed by atoms with Crippen LogP contribution in [-0.2, 0) is 18.3 Å². The predicted molar refractivity (Wildman–Crippen MR) is 58.1 cm³/mol. The summed E-state index contributed by atoms with van der Waals surface area (Å²) in [6.45, 7) is 0. The molecule has 2 N–H and O–H groups in total. The van der Waals surface area contributed by atoms with E-state index in [1.807, 2.05) is 0 Å². The first-order chi connectivity index (χ1) is 8.00. The van der Waals surface area contributed by atoms with Crippen LogP contribution in [0, 0.1) is 0 Å². The Morgan fingerprint density at radius 3 is 2.76 bits per heavy atom. The lowest BCUT2D eigenvalue weighted by atomic mass is 9.83. The smallest absolute Gasteiger partial charge is 0.356 e. The van der Waals surface area contributed by atoms with Gasteiger partial charge in [-0.25, -0.2) is 4.79 Å². The van der Waals surface area contributed by atoms with Gasteiger partial charge in [-0.3, -0.25) is 9.48 Å². The van der Waals surface area contributed by atoms with Crippen LogP contribution < -0.4 is 0 Å². The number of aromatic carboxylic acids is 1. The molecular formula is C11H14N2O4. The molecule has 1 aliphatic carbocycles. The summed E-state index contributed by atoms with van der Waals surface area (Å²) in [5, 5.41) is 21.9. The second-order valence-electron chi connectivity index (χ2n) is 4.32. The monoisotopic (exact) mass is 238 g/mol. The van der Waals surface area contributed by atoms with E-state index >= 15 is 0 Å². The molecule has 0 aliphatic heterocycles. The van der Waals surface area contributed by atoms with Crippen LogP contribution in [0.2, 0.25) is 0 Å². The molecule has 1 aromatic rings. The Labute approximate surface area is 97.9 Å². The second-order valence-corrected chi connectivity index (χ2v) is 4.32. The summed E-state index contributed by atoms with van der Waals surface area (Å²) in [7, 11) is 1.70. The lowest BCUT2D eigenvalue weighted by Gasteiger charge is -2.21. The fourth-order valence-corrected chi connectivity index (χ4v) is 2.53. The van der Waals surface area contributed by atoms with E-state index in [4.69, 9.17) is 10.2 Å². The lowest BCUT2D eigenvalue weighted by Crippen LogP contribution is -2.16. The molecular weight excluding hydrogens is 224 g/mol. The maximum Gasteiger partial charge on any atom is 0.356 e. The third-order valence-corrected chi connectivity index (χ3v) is 3.20. The quantitative estimate of drug-likeness (QED) is 0.819. The molecule has 0 spiro atoms. The van der Waals surface area contributed by atoms with E-state index in [-0.39, 0.29) is 18.0 Å². The number of carbonyl (C=O) groups is 2. The molecule has 1 heterocycles. The lowest BCUT2D eigenvalue weighted by molar-refractivity contribution is -0.137. The van der Waals surface area contributed by atoms with E-state index in [1.165, 1.54) is 0 Å². The van der Waals surface area contributed by atoms with Crippen molar-refractivity contribution in [2.75, 3.05) is 0 Å². The van der Waals surface area contributed by atoms with Gasteiger partial charge in [0.15, 0.2) is 5.69 Å². The molecule has 0 radical (unpaired) electrons. The number of fused-ring (bicyclic) bond motifs is 1. The van der Waals surface area contributed by atoms with Crippen molar-refractivity contribution in [2.45, 2.75) is 31.6 Å². The normalized spacial score (nSPS) is 18.8. The van der Waals surface area contributed by atoms with Crippen LogP contribution >= 0.6 is 0 Å². The summed E-state index contributed by atoms with van der Waals surface area (Å²) in [6.07, 6.45) is 2.33. The van der Waals surface area contributed by atoms with Gasteiger partial charge in [0.2, 0.25) is 0 Å². The molecule has 17 heavy (non-hydrogen) atoms. The number of aliphatic carboxylic acids is 1. The fraction of sp³-hybridized carbons (Fsp3) is 0.545. The van der Waals surface area contributed by atoms with Crippen molar-refractivity contribution >= 4 is 11.9 Å². The van der Waals surface area contributed by atoms with Crippen molar-refractivity contribution in [3.05, 3.63) is 17.0 Å². The number of carboxylic acids is 2. The molecule has 1 aliphatic rings. The van der Waals surface area contributed by atoms with E-state index in [2.05, 4.69) is 5.10 Å². The van der Waals surface area contributed by atoms with Crippen LogP contribution in [0.3, 0.4) is 0 Å². The molecule has 0 fully saturated rings. The first kappa shape index (κ1) is 11.6. The third kappa shape index (κ3) is 2.02. The number of carboxylic acid groups (broad SMARTS) is 2. The highest BCUT2D eigenvalue weighted by Gasteiger charge is 2.31. The van der Waals surface area contributed by atoms with E-state index in [0.29, 0.717) is 12.0 Å². The van der Waals surface area contributed by atoms with Crippen LogP contribution in [0.4, 0.5) is 0 Å². The van der Waals surface area contributed by atoms with Gasteiger partial charge in [0, 0.05) is 18.3 Å². The van der Waals surface area contributed by atoms with Gasteiger partial charge in [0.05, 0.1) is 6.42 Å². The summed E-state index contributed by atoms with van der Waals surface area (Å²) in [6, 6.07) is 0. The van der Waals surface area contributed by atoms with Crippen molar-refractivity contribution < 1.29 is 19.8 Å². The third-order valence-electron chi connectivity index (χ3n) is 3.20. The molecule has 1 atom stereocenters. The molecule has 6 nitrogen and oxygen atoms in total. The van der Waals surface area contributed by atoms with Crippen LogP contribution in [0.15, 0.2) is 0 Å². The van der Waals surface area contributed by atoms with Gasteiger partial charge in [-0.1, -0.05) is 0 Å². The molecule has 0 saturated heterocycles. The van der Waals surface area contributed by atoms with Crippen LogP contribution in [0.1, 0.15) is 46.9 Å². The van der Waals surface area contributed by atoms with E-state index in [9.17, 15) is 9.59 Å². The van der Waals surface area contributed by atoms with Crippen LogP contribution in [0.5, 0.6) is 0 Å². The van der Waals surface area contributed by atoms with Crippen molar-refractivity contribution in [1.29, 1.82) is 0 Å². The van der Waals surface area contributed by atoms with Gasteiger partial charge in [0.25, 0.3) is 0 Å². The van der Waals surface area contributed by atoms with Crippen molar-refractivity contribution in [3.63, 3.8) is 0 Å². The minimum atomic E-state index is -1.08. The molecule has 0 bridgehead atoms. The highest BCUT2D eigenvalue weighted by molar-refractivity contribution is 5.88. The van der Waals surface area contributed by atoms with Gasteiger partial charge < -0.3 is 10.2 Å². The average molecular weight is 238 g/mol. The molecule has 0 aromatic carbocycles. The number of hydrogen-bond acceptors (Lipinski definition) is 3. The van der Waals surface area contributed by atoms with Crippen molar-refractivity contribution in [3.8, 4) is 0 Å². The van der Waals surface area contributed by atoms with Crippen molar-refractivity contribution in [2.24, 2.45) is 7.05 Å². The van der Waals surface area contributed by atoms with Gasteiger partial charge in [0.1, 0.15) is 0 Å². The van der Waals surface area contributed by atoms with Gasteiger partial charge in [-0.2, -0.15) is 5.10 Å². The minimum absolute atomic E-state index is 0.00782. The number of aryl methyl sites for hydroxylation is 1. The fourth-order valence-electron chi connectivity index (χ4n) is 2.53. The molecule has 1 aromatic heterocycles. The molecule has 2 rings (SSSR count). The Kier molecular flexibility index (Phi) is 2.87. The molecule has 0 saturated carbocycles. The Balaban J connectivity index is 2.47. The summed E-state index contributed by atoms with van der Waals surface area (Å²) < 4.78 is 1.56. The van der Waals surface area contributed by atoms with E-state index in [0.717, 1.165) is 18.5 Å². The zero-order valence-electron chi connectivity index (χ0n) is 9.51. The number of rotatable bonds is 3. The highest BCUT2D eigenvalue weighted by atomic mass is 16.4. The Morgan fingerprint density at radius 1 is 1.47 bits per heavy atom. The molecule has 0 amide bonds. The zero-order valence-corrected chi connectivity index (χ0v) is 9.51. The molecule has 6 heteroatoms. The van der Waals surface area contributed by atoms with E-state index in [1.54, 1.807) is 11.7 Å². The van der Waals surface area contributed by atoms with Crippen molar-refractivity contribution in [1.82, 2.24) is 9.78 Å². The maximum absolute atomic E-state index is 11.1. The standard InChI is InChI=1S/C11H14N2O4/c1-13-7-4-2-3-6(5-8(14)15)9(7)10(12-13)11(16)17/h6H,2-5H2,1H3,(H,14,15)(H,16,17). The number of nitrogens with zero attached hydrogens (tertiary/aromatic N) is 2. The number of aromatic nitrogens is 2. The number of hydrogen-bond donors (Lipinski definition) is 2. The first-order valence-corrected chi connectivity index (χ1v) is 5.51. The van der Waals surface area contributed by atoms with Gasteiger partial charge in [-0.05, 0) is 25.2 Å². The maximum atomic E-state index is 11.1. The summed E-state index contributed by atoms with van der Waals surface area (Å²) in [4.78, 5) is 21.9. The summed E-state index contributed by atoms with van der Waals surface area (Å²) in [5.74, 6) is -2.21. The highest BCUT2D eigenvalue weighted by Crippen LogP contribution is 2.36. The summed E-state index contributed by atoms with van der Waals surface area (Å²) in [5.41, 5.74) is 1.49. The van der Waals surface area contributed by atoms with Crippen LogP contribution in [0.25, 0.3) is 0 Å². The Bertz CT molecular complexity index is 478. The molecule has 92 valence electrons. The minimum Gasteiger partial charge on any atom is -0.481 e. The first-order valence-electron chi connectivity index (χ1n) is 5.51. The average Bonchev–Trinajstić information content (AvgIpc) is 2.57. The summed E-state index contributed by atoms with van der Waals surface area (Å²) >= 11 is 0.